The quantitative estimate of drug-likeness (QED) is 0.708. The van der Waals surface area contributed by atoms with Crippen LogP contribution in [-0.4, -0.2) is 11.9 Å². The van der Waals surface area contributed by atoms with Crippen LogP contribution >= 0.6 is 15.9 Å². The number of halogens is 1. The van der Waals surface area contributed by atoms with Crippen molar-refractivity contribution in [3.63, 3.8) is 0 Å². The summed E-state index contributed by atoms with van der Waals surface area (Å²) in [6.45, 7) is 2.23. The van der Waals surface area contributed by atoms with Gasteiger partial charge in [-0.25, -0.2) is 0 Å². The second-order valence-electron chi connectivity index (χ2n) is 8.40. The van der Waals surface area contributed by atoms with E-state index in [4.69, 9.17) is 0 Å². The standard InChI is InChI=1S/C21H26BrNO/c1-14(21-11-16-7-17(12-21)9-18(8-16)13-21)23-20(24)6-5-15-3-2-4-19(22)10-15/h2-6,10,14,16-18H,7-9,11-13H2,1H3,(H,23,24)/b6-5+/t14-,16?,17?,18?,21?/m1/s1. The molecule has 128 valence electrons. The maximum atomic E-state index is 12.4. The van der Waals surface area contributed by atoms with E-state index in [1.54, 1.807) is 6.08 Å². The van der Waals surface area contributed by atoms with E-state index in [0.29, 0.717) is 5.41 Å². The predicted octanol–water partition coefficient (Wildman–Crippen LogP) is 5.18. The SMILES string of the molecule is C[C@@H](NC(=O)/C=C/c1cccc(Br)c1)C12CC3CC(CC(C3)C1)C2. The Morgan fingerprint density at radius 1 is 1.21 bits per heavy atom. The molecule has 4 fully saturated rings. The predicted molar refractivity (Wildman–Crippen MR) is 101 cm³/mol. The summed E-state index contributed by atoms with van der Waals surface area (Å²) in [7, 11) is 0. The van der Waals surface area contributed by atoms with Crippen molar-refractivity contribution in [2.45, 2.75) is 51.5 Å². The topological polar surface area (TPSA) is 29.1 Å². The summed E-state index contributed by atoms with van der Waals surface area (Å²) < 4.78 is 1.03. The van der Waals surface area contributed by atoms with E-state index in [2.05, 4.69) is 28.2 Å². The van der Waals surface area contributed by atoms with E-state index in [1.807, 2.05) is 30.3 Å². The summed E-state index contributed by atoms with van der Waals surface area (Å²) in [5, 5.41) is 3.28. The van der Waals surface area contributed by atoms with Gasteiger partial charge in [0.15, 0.2) is 0 Å². The number of benzene rings is 1. The van der Waals surface area contributed by atoms with Crippen LogP contribution in [0.25, 0.3) is 6.08 Å². The maximum absolute atomic E-state index is 12.4. The van der Waals surface area contributed by atoms with E-state index in [1.165, 1.54) is 38.5 Å². The lowest BCUT2D eigenvalue weighted by Crippen LogP contribution is -2.55. The van der Waals surface area contributed by atoms with Gasteiger partial charge >= 0.3 is 0 Å². The van der Waals surface area contributed by atoms with Crippen LogP contribution in [0.3, 0.4) is 0 Å². The van der Waals surface area contributed by atoms with Gasteiger partial charge in [-0.1, -0.05) is 28.1 Å². The van der Waals surface area contributed by atoms with E-state index < -0.39 is 0 Å². The van der Waals surface area contributed by atoms with Gasteiger partial charge in [0.1, 0.15) is 0 Å². The van der Waals surface area contributed by atoms with Crippen molar-refractivity contribution in [1.82, 2.24) is 5.32 Å². The molecule has 0 radical (unpaired) electrons. The summed E-state index contributed by atoms with van der Waals surface area (Å²) in [6, 6.07) is 8.29. The molecule has 4 saturated carbocycles. The van der Waals surface area contributed by atoms with Crippen LogP contribution in [0.15, 0.2) is 34.8 Å². The molecule has 0 aliphatic heterocycles. The second-order valence-corrected chi connectivity index (χ2v) is 9.31. The Labute approximate surface area is 153 Å². The zero-order chi connectivity index (χ0) is 16.7. The lowest BCUT2D eigenvalue weighted by molar-refractivity contribution is -0.121. The first-order valence-electron chi connectivity index (χ1n) is 9.26. The zero-order valence-corrected chi connectivity index (χ0v) is 15.9. The highest BCUT2D eigenvalue weighted by molar-refractivity contribution is 9.10. The third-order valence-corrected chi connectivity index (χ3v) is 7.13. The first-order chi connectivity index (χ1) is 11.5. The van der Waals surface area contributed by atoms with Gasteiger partial charge in [0.05, 0.1) is 0 Å². The van der Waals surface area contributed by atoms with Gasteiger partial charge in [-0.05, 0) is 92.4 Å². The van der Waals surface area contributed by atoms with Gasteiger partial charge in [0, 0.05) is 16.6 Å². The van der Waals surface area contributed by atoms with Crippen LogP contribution in [0.1, 0.15) is 51.0 Å². The number of hydrogen-bond donors (Lipinski definition) is 1. The number of carbonyl (C=O) groups is 1. The molecule has 0 saturated heterocycles. The highest BCUT2D eigenvalue weighted by Crippen LogP contribution is 2.61. The average Bonchev–Trinajstić information content (AvgIpc) is 2.52. The van der Waals surface area contributed by atoms with E-state index in [9.17, 15) is 4.79 Å². The molecule has 24 heavy (non-hydrogen) atoms. The van der Waals surface area contributed by atoms with E-state index in [0.717, 1.165) is 27.8 Å². The molecule has 0 unspecified atom stereocenters. The second kappa shape index (κ2) is 6.33. The third-order valence-electron chi connectivity index (χ3n) is 6.64. The van der Waals surface area contributed by atoms with Crippen molar-refractivity contribution in [2.24, 2.45) is 23.2 Å². The Hall–Kier alpha value is -1.09. The highest BCUT2D eigenvalue weighted by atomic mass is 79.9. The summed E-state index contributed by atoms with van der Waals surface area (Å²) in [5.41, 5.74) is 1.41. The molecule has 4 aliphatic carbocycles. The number of amides is 1. The minimum atomic E-state index is 0.0400. The first kappa shape index (κ1) is 16.4. The number of rotatable bonds is 4. The van der Waals surface area contributed by atoms with E-state index >= 15 is 0 Å². The third kappa shape index (κ3) is 3.20. The molecule has 3 heteroatoms. The Morgan fingerprint density at radius 3 is 2.42 bits per heavy atom. The zero-order valence-electron chi connectivity index (χ0n) is 14.3. The Bertz CT molecular complexity index is 630. The van der Waals surface area contributed by atoms with Crippen LogP contribution in [0.5, 0.6) is 0 Å². The summed E-state index contributed by atoms with van der Waals surface area (Å²) in [5.74, 6) is 2.81. The van der Waals surface area contributed by atoms with Gasteiger partial charge in [-0.3, -0.25) is 4.79 Å². The van der Waals surface area contributed by atoms with Crippen LogP contribution in [-0.2, 0) is 4.79 Å². The molecule has 1 N–H and O–H groups in total. The summed E-state index contributed by atoms with van der Waals surface area (Å²) in [4.78, 5) is 12.4. The van der Waals surface area contributed by atoms with Crippen LogP contribution in [0.2, 0.25) is 0 Å². The van der Waals surface area contributed by atoms with Crippen molar-refractivity contribution in [3.05, 3.63) is 40.4 Å². The molecule has 0 spiro atoms. The van der Waals surface area contributed by atoms with Gasteiger partial charge in [0.25, 0.3) is 0 Å². The largest absolute Gasteiger partial charge is 0.350 e. The molecule has 2 nitrogen and oxygen atoms in total. The molecule has 5 rings (SSSR count). The molecular weight excluding hydrogens is 362 g/mol. The Balaban J connectivity index is 1.41. The van der Waals surface area contributed by atoms with Gasteiger partial charge < -0.3 is 5.32 Å². The average molecular weight is 388 g/mol. The van der Waals surface area contributed by atoms with Crippen molar-refractivity contribution in [1.29, 1.82) is 0 Å². The van der Waals surface area contributed by atoms with Crippen molar-refractivity contribution in [3.8, 4) is 0 Å². The Kier molecular flexibility index (Phi) is 4.32. The molecule has 4 bridgehead atoms. The number of hydrogen-bond acceptors (Lipinski definition) is 1. The van der Waals surface area contributed by atoms with Gasteiger partial charge in [0.2, 0.25) is 5.91 Å². The van der Waals surface area contributed by atoms with Crippen LogP contribution < -0.4 is 5.32 Å². The minimum absolute atomic E-state index is 0.0400. The smallest absolute Gasteiger partial charge is 0.244 e. The molecule has 4 aliphatic rings. The molecule has 0 aromatic heterocycles. The highest BCUT2D eigenvalue weighted by Gasteiger charge is 2.53. The maximum Gasteiger partial charge on any atom is 0.244 e. The van der Waals surface area contributed by atoms with Crippen LogP contribution in [0, 0.1) is 23.2 Å². The molecule has 1 aromatic carbocycles. The molecule has 1 atom stereocenters. The fourth-order valence-corrected chi connectivity index (χ4v) is 6.32. The minimum Gasteiger partial charge on any atom is -0.350 e. The number of nitrogens with one attached hydrogen (secondary N) is 1. The molecule has 1 aromatic rings. The van der Waals surface area contributed by atoms with Crippen LogP contribution in [0.4, 0.5) is 0 Å². The van der Waals surface area contributed by atoms with E-state index in [-0.39, 0.29) is 11.9 Å². The van der Waals surface area contributed by atoms with Crippen molar-refractivity contribution in [2.75, 3.05) is 0 Å². The lowest BCUT2D eigenvalue weighted by Gasteiger charge is -2.59. The summed E-state index contributed by atoms with van der Waals surface area (Å²) >= 11 is 3.47. The van der Waals surface area contributed by atoms with Gasteiger partial charge in [-0.15, -0.1) is 0 Å². The molecule has 1 amide bonds. The normalized spacial score (nSPS) is 35.3. The van der Waals surface area contributed by atoms with Crippen molar-refractivity contribution < 1.29 is 4.79 Å². The fraction of sp³-hybridized carbons (Fsp3) is 0.571. The van der Waals surface area contributed by atoms with Crippen molar-refractivity contribution >= 4 is 27.9 Å². The molecule has 0 heterocycles. The Morgan fingerprint density at radius 2 is 1.83 bits per heavy atom. The summed E-state index contributed by atoms with van der Waals surface area (Å²) in [6.07, 6.45) is 11.9. The fourth-order valence-electron chi connectivity index (χ4n) is 5.90. The lowest BCUT2D eigenvalue weighted by atomic mass is 9.48. The van der Waals surface area contributed by atoms with Gasteiger partial charge in [-0.2, -0.15) is 0 Å². The monoisotopic (exact) mass is 387 g/mol. The first-order valence-corrected chi connectivity index (χ1v) is 10.1. The molecular formula is C21H26BrNO. The number of carbonyl (C=O) groups excluding carboxylic acids is 1.